The van der Waals surface area contributed by atoms with E-state index in [0.29, 0.717) is 0 Å². The van der Waals surface area contributed by atoms with Gasteiger partial charge in [-0.1, -0.05) is 42.5 Å². The Labute approximate surface area is 117 Å². The van der Waals surface area contributed by atoms with E-state index in [2.05, 4.69) is 49.5 Å². The molecule has 2 nitrogen and oxygen atoms in total. The van der Waals surface area contributed by atoms with Crippen molar-refractivity contribution in [2.75, 3.05) is 6.61 Å². The molecule has 1 aromatic carbocycles. The van der Waals surface area contributed by atoms with E-state index < -0.39 is 8.32 Å². The quantitative estimate of drug-likeness (QED) is 0.675. The highest BCUT2D eigenvalue weighted by Gasteiger charge is 2.31. The minimum Gasteiger partial charge on any atom is -0.413 e. The number of allylic oxidation sites excluding steroid dienone is 1. The second-order valence-corrected chi connectivity index (χ2v) is 10.1. The van der Waals surface area contributed by atoms with Gasteiger partial charge in [-0.15, -0.1) is 0 Å². The highest BCUT2D eigenvalue weighted by atomic mass is 28.4. The highest BCUT2D eigenvalue weighted by Crippen LogP contribution is 2.26. The summed E-state index contributed by atoms with van der Waals surface area (Å²) >= 11 is 0. The van der Waals surface area contributed by atoms with E-state index in [1.165, 1.54) is 5.56 Å². The lowest BCUT2D eigenvalue weighted by Gasteiger charge is -2.30. The minimum atomic E-state index is -1.60. The van der Waals surface area contributed by atoms with Crippen molar-refractivity contribution in [2.45, 2.75) is 38.1 Å². The van der Waals surface area contributed by atoms with Gasteiger partial charge in [0.15, 0.2) is 8.32 Å². The molecule has 1 N–H and O–H groups in total. The average molecular weight is 276 g/mol. The summed E-state index contributed by atoms with van der Waals surface area (Å²) in [7, 11) is -1.60. The molecule has 0 radical (unpaired) electrons. The predicted octanol–water partition coefficient (Wildman–Crippen LogP) is 3.39. The first-order valence-electron chi connectivity index (χ1n) is 7.10. The zero-order chi connectivity index (χ0) is 13.7. The van der Waals surface area contributed by atoms with Gasteiger partial charge in [0.2, 0.25) is 0 Å². The first-order valence-corrected chi connectivity index (χ1v) is 10.2. The molecule has 0 aliphatic carbocycles. The van der Waals surface area contributed by atoms with Crippen molar-refractivity contribution >= 4 is 8.32 Å². The molecule has 2 atom stereocenters. The maximum atomic E-state index is 9.54. The van der Waals surface area contributed by atoms with Crippen LogP contribution in [0.4, 0.5) is 0 Å². The molecule has 0 aromatic heterocycles. The van der Waals surface area contributed by atoms with Crippen molar-refractivity contribution < 1.29 is 9.53 Å². The van der Waals surface area contributed by atoms with Crippen molar-refractivity contribution in [3.63, 3.8) is 0 Å². The molecule has 0 fully saturated rings. The Bertz CT molecular complexity index is 414. The third-order valence-corrected chi connectivity index (χ3v) is 5.87. The van der Waals surface area contributed by atoms with E-state index in [9.17, 15) is 5.11 Å². The molecule has 1 heterocycles. The van der Waals surface area contributed by atoms with Crippen LogP contribution in [0.2, 0.25) is 19.1 Å². The summed E-state index contributed by atoms with van der Waals surface area (Å²) in [5, 5.41) is 9.54. The molecule has 0 spiro atoms. The summed E-state index contributed by atoms with van der Waals surface area (Å²) in [5.74, 6) is 0.151. The van der Waals surface area contributed by atoms with Crippen molar-refractivity contribution in [3.05, 3.63) is 48.0 Å². The largest absolute Gasteiger partial charge is 0.413 e. The maximum Gasteiger partial charge on any atom is 0.190 e. The molecule has 0 saturated carbocycles. The molecular weight excluding hydrogens is 252 g/mol. The SMILES string of the molecule is C[Si]1(C)CC=C[C@@H](CO)[C@@H](CCc2ccccc2)O1. The Kier molecular flexibility index (Phi) is 4.97. The van der Waals surface area contributed by atoms with Crippen LogP contribution in [0.1, 0.15) is 12.0 Å². The normalized spacial score (nSPS) is 26.1. The van der Waals surface area contributed by atoms with Crippen LogP contribution < -0.4 is 0 Å². The molecular formula is C16H24O2Si. The summed E-state index contributed by atoms with van der Waals surface area (Å²) in [6.07, 6.45) is 6.51. The lowest BCUT2D eigenvalue weighted by molar-refractivity contribution is 0.101. The third kappa shape index (κ3) is 4.30. The monoisotopic (exact) mass is 276 g/mol. The Balaban J connectivity index is 2.01. The van der Waals surface area contributed by atoms with Crippen LogP contribution in [-0.4, -0.2) is 26.1 Å². The van der Waals surface area contributed by atoms with E-state index in [4.69, 9.17) is 4.43 Å². The molecule has 0 bridgehead atoms. The van der Waals surface area contributed by atoms with Gasteiger partial charge in [-0.3, -0.25) is 0 Å². The lowest BCUT2D eigenvalue weighted by Crippen LogP contribution is -2.37. The molecule has 104 valence electrons. The van der Waals surface area contributed by atoms with Gasteiger partial charge in [-0.25, -0.2) is 0 Å². The number of aliphatic hydroxyl groups is 1. The summed E-state index contributed by atoms with van der Waals surface area (Å²) in [4.78, 5) is 0. The zero-order valence-electron chi connectivity index (χ0n) is 11.9. The Morgan fingerprint density at radius 1 is 1.26 bits per heavy atom. The van der Waals surface area contributed by atoms with Gasteiger partial charge in [-0.2, -0.15) is 0 Å². The number of hydrogen-bond acceptors (Lipinski definition) is 2. The van der Waals surface area contributed by atoms with Crippen molar-refractivity contribution in [3.8, 4) is 0 Å². The number of hydrogen-bond donors (Lipinski definition) is 1. The van der Waals surface area contributed by atoms with E-state index >= 15 is 0 Å². The lowest BCUT2D eigenvalue weighted by atomic mass is 9.96. The second-order valence-electron chi connectivity index (χ2n) is 5.92. The summed E-state index contributed by atoms with van der Waals surface area (Å²) in [6, 6.07) is 11.6. The van der Waals surface area contributed by atoms with E-state index in [0.717, 1.165) is 18.9 Å². The van der Waals surface area contributed by atoms with Crippen molar-refractivity contribution in [2.24, 2.45) is 5.92 Å². The number of rotatable bonds is 4. The first-order chi connectivity index (χ1) is 9.11. The fourth-order valence-corrected chi connectivity index (χ4v) is 4.51. The van der Waals surface area contributed by atoms with Crippen LogP contribution >= 0.6 is 0 Å². The van der Waals surface area contributed by atoms with Crippen LogP contribution in [0, 0.1) is 5.92 Å². The summed E-state index contributed by atoms with van der Waals surface area (Å²) in [5.41, 5.74) is 1.34. The molecule has 3 heteroatoms. The molecule has 1 aliphatic heterocycles. The Morgan fingerprint density at radius 3 is 2.68 bits per heavy atom. The molecule has 1 aliphatic rings. The standard InChI is InChI=1S/C16H24O2Si/c1-19(2)12-6-9-15(13-17)16(18-19)11-10-14-7-4-3-5-8-14/h3-9,15-17H,10-13H2,1-2H3/t15-,16+/m0/s1. The maximum absolute atomic E-state index is 9.54. The highest BCUT2D eigenvalue weighted by molar-refractivity contribution is 6.71. The third-order valence-electron chi connectivity index (χ3n) is 3.71. The molecule has 0 saturated heterocycles. The van der Waals surface area contributed by atoms with Gasteiger partial charge in [0.25, 0.3) is 0 Å². The predicted molar refractivity (Wildman–Crippen MR) is 81.6 cm³/mol. The van der Waals surface area contributed by atoms with Gasteiger partial charge >= 0.3 is 0 Å². The first kappa shape index (κ1) is 14.5. The second kappa shape index (κ2) is 6.50. The Hall–Kier alpha value is -0.903. The van der Waals surface area contributed by atoms with Crippen LogP contribution in [0.3, 0.4) is 0 Å². The molecule has 0 amide bonds. The number of aryl methyl sites for hydroxylation is 1. The van der Waals surface area contributed by atoms with Crippen LogP contribution in [0.25, 0.3) is 0 Å². The van der Waals surface area contributed by atoms with Crippen LogP contribution in [0.5, 0.6) is 0 Å². The van der Waals surface area contributed by atoms with Crippen molar-refractivity contribution in [1.29, 1.82) is 0 Å². The fourth-order valence-electron chi connectivity index (χ4n) is 2.60. The van der Waals surface area contributed by atoms with Gasteiger partial charge in [0.1, 0.15) is 0 Å². The smallest absolute Gasteiger partial charge is 0.190 e. The van der Waals surface area contributed by atoms with E-state index in [1.807, 2.05) is 6.07 Å². The van der Waals surface area contributed by atoms with Crippen molar-refractivity contribution in [1.82, 2.24) is 0 Å². The summed E-state index contributed by atoms with van der Waals surface area (Å²) < 4.78 is 6.34. The molecule has 2 rings (SSSR count). The van der Waals surface area contributed by atoms with E-state index in [-0.39, 0.29) is 18.6 Å². The number of benzene rings is 1. The summed E-state index contributed by atoms with van der Waals surface area (Å²) in [6.45, 7) is 4.69. The Morgan fingerprint density at radius 2 is 2.00 bits per heavy atom. The molecule has 19 heavy (non-hydrogen) atoms. The van der Waals surface area contributed by atoms with Gasteiger partial charge in [0.05, 0.1) is 12.7 Å². The van der Waals surface area contributed by atoms with Crippen LogP contribution in [0.15, 0.2) is 42.5 Å². The fraction of sp³-hybridized carbons (Fsp3) is 0.500. The number of aliphatic hydroxyl groups excluding tert-OH is 1. The van der Waals surface area contributed by atoms with Gasteiger partial charge < -0.3 is 9.53 Å². The van der Waals surface area contributed by atoms with Gasteiger partial charge in [-0.05, 0) is 37.5 Å². The van der Waals surface area contributed by atoms with Crippen LogP contribution in [-0.2, 0) is 10.8 Å². The average Bonchev–Trinajstić information content (AvgIpc) is 2.55. The topological polar surface area (TPSA) is 29.5 Å². The molecule has 1 aromatic rings. The minimum absolute atomic E-state index is 0.151. The molecule has 0 unspecified atom stereocenters. The van der Waals surface area contributed by atoms with E-state index in [1.54, 1.807) is 0 Å². The van der Waals surface area contributed by atoms with Gasteiger partial charge in [0, 0.05) is 5.92 Å². The zero-order valence-corrected chi connectivity index (χ0v) is 12.9.